The molecule has 0 fully saturated rings. The molecule has 0 unspecified atom stereocenters. The van der Waals surface area contributed by atoms with E-state index in [-0.39, 0.29) is 0 Å². The van der Waals surface area contributed by atoms with Crippen molar-refractivity contribution in [1.82, 2.24) is 34.5 Å². The normalized spacial score (nSPS) is 11.2. The van der Waals surface area contributed by atoms with Crippen LogP contribution < -0.4 is 0 Å². The van der Waals surface area contributed by atoms with Gasteiger partial charge >= 0.3 is 0 Å². The molecule has 0 N–H and O–H groups in total. The lowest BCUT2D eigenvalue weighted by Gasteiger charge is -2.16. The maximum Gasteiger partial charge on any atom is 0.166 e. The van der Waals surface area contributed by atoms with Gasteiger partial charge in [-0.25, -0.2) is 29.9 Å². The van der Waals surface area contributed by atoms with Crippen molar-refractivity contribution in [2.24, 2.45) is 0 Å². The first-order valence-electron chi connectivity index (χ1n) is 20.6. The molecule has 0 bridgehead atoms. The van der Waals surface area contributed by atoms with Crippen LogP contribution in [-0.2, 0) is 0 Å². The van der Waals surface area contributed by atoms with Crippen LogP contribution in [0.15, 0.2) is 206 Å². The number of para-hydroxylation sites is 1. The van der Waals surface area contributed by atoms with Crippen molar-refractivity contribution >= 4 is 21.8 Å². The van der Waals surface area contributed by atoms with Gasteiger partial charge in [0.1, 0.15) is 0 Å². The summed E-state index contributed by atoms with van der Waals surface area (Å²) in [6.07, 6.45) is 0. The molecule has 0 aliphatic carbocycles. The molecule has 294 valence electrons. The minimum Gasteiger partial charge on any atom is -0.309 e. The second kappa shape index (κ2) is 15.9. The zero-order valence-corrected chi connectivity index (χ0v) is 33.7. The largest absolute Gasteiger partial charge is 0.309 e. The third-order valence-electron chi connectivity index (χ3n) is 11.1. The topological polar surface area (TPSA) is 106 Å². The lowest BCUT2D eigenvalue weighted by Crippen LogP contribution is -2.05. The van der Waals surface area contributed by atoms with Gasteiger partial charge in [-0.1, -0.05) is 158 Å². The summed E-state index contributed by atoms with van der Waals surface area (Å²) >= 11 is 0. The average molecular weight is 807 g/mol. The molecule has 11 aromatic rings. The van der Waals surface area contributed by atoms with E-state index in [9.17, 15) is 5.26 Å². The Bertz CT molecular complexity index is 3390. The molecule has 3 aromatic heterocycles. The van der Waals surface area contributed by atoms with Gasteiger partial charge in [0.25, 0.3) is 0 Å². The summed E-state index contributed by atoms with van der Waals surface area (Å²) in [4.78, 5) is 30.7. The van der Waals surface area contributed by atoms with Crippen LogP contribution in [0.5, 0.6) is 0 Å². The molecule has 11 rings (SSSR count). The molecule has 0 saturated carbocycles. The maximum atomic E-state index is 9.68. The van der Waals surface area contributed by atoms with Crippen molar-refractivity contribution in [1.29, 1.82) is 5.26 Å². The quantitative estimate of drug-likeness (QED) is 0.150. The number of hydrogen-bond donors (Lipinski definition) is 0. The molecule has 0 spiro atoms. The summed E-state index contributed by atoms with van der Waals surface area (Å²) in [6.45, 7) is 0. The van der Waals surface area contributed by atoms with Gasteiger partial charge in [-0.3, -0.25) is 0 Å². The molecule has 0 amide bonds. The zero-order chi connectivity index (χ0) is 42.1. The van der Waals surface area contributed by atoms with Crippen LogP contribution in [0.2, 0.25) is 0 Å². The summed E-state index contributed by atoms with van der Waals surface area (Å²) in [5, 5.41) is 11.8. The highest BCUT2D eigenvalue weighted by Gasteiger charge is 2.22. The minimum atomic E-state index is 0.496. The summed E-state index contributed by atoms with van der Waals surface area (Å²) in [5.41, 5.74) is 10.6. The van der Waals surface area contributed by atoms with Crippen LogP contribution in [0.3, 0.4) is 0 Å². The van der Waals surface area contributed by atoms with Crippen LogP contribution in [-0.4, -0.2) is 34.5 Å². The molecule has 63 heavy (non-hydrogen) atoms. The van der Waals surface area contributed by atoms with Crippen molar-refractivity contribution in [3.63, 3.8) is 0 Å². The van der Waals surface area contributed by atoms with Crippen LogP contribution in [0.4, 0.5) is 0 Å². The molecule has 0 atom stereocenters. The Morgan fingerprint density at radius 1 is 0.317 bits per heavy atom. The predicted octanol–water partition coefficient (Wildman–Crippen LogP) is 12.7. The van der Waals surface area contributed by atoms with Crippen molar-refractivity contribution in [3.8, 4) is 91.2 Å². The van der Waals surface area contributed by atoms with E-state index in [4.69, 9.17) is 29.9 Å². The minimum absolute atomic E-state index is 0.496. The zero-order valence-electron chi connectivity index (χ0n) is 33.7. The van der Waals surface area contributed by atoms with E-state index >= 15 is 0 Å². The number of nitriles is 1. The Hall–Kier alpha value is -8.93. The van der Waals surface area contributed by atoms with Crippen molar-refractivity contribution in [2.45, 2.75) is 0 Å². The van der Waals surface area contributed by atoms with Gasteiger partial charge in [0, 0.05) is 44.2 Å². The van der Waals surface area contributed by atoms with Crippen molar-refractivity contribution in [2.75, 3.05) is 0 Å². The van der Waals surface area contributed by atoms with Gasteiger partial charge in [-0.15, -0.1) is 0 Å². The molecule has 8 nitrogen and oxygen atoms in total. The van der Waals surface area contributed by atoms with Crippen LogP contribution in [0, 0.1) is 11.3 Å². The van der Waals surface area contributed by atoms with E-state index in [0.717, 1.165) is 72.0 Å². The first-order chi connectivity index (χ1) is 31.2. The van der Waals surface area contributed by atoms with Crippen molar-refractivity contribution in [3.05, 3.63) is 212 Å². The smallest absolute Gasteiger partial charge is 0.166 e. The number of benzene rings is 8. The van der Waals surface area contributed by atoms with E-state index in [0.29, 0.717) is 40.5 Å². The number of aromatic nitrogens is 7. The lowest BCUT2D eigenvalue weighted by atomic mass is 10.0. The monoisotopic (exact) mass is 806 g/mol. The van der Waals surface area contributed by atoms with E-state index in [1.165, 1.54) is 0 Å². The Labute approximate surface area is 363 Å². The third kappa shape index (κ3) is 7.05. The molecule has 0 radical (unpaired) electrons. The lowest BCUT2D eigenvalue weighted by molar-refractivity contribution is 1.06. The average Bonchev–Trinajstić information content (AvgIpc) is 3.70. The molecule has 0 aliphatic rings. The molecule has 0 saturated heterocycles. The Morgan fingerprint density at radius 3 is 1.29 bits per heavy atom. The highest BCUT2D eigenvalue weighted by Crippen LogP contribution is 2.40. The van der Waals surface area contributed by atoms with E-state index in [1.54, 1.807) is 0 Å². The van der Waals surface area contributed by atoms with Crippen LogP contribution >= 0.6 is 0 Å². The van der Waals surface area contributed by atoms with E-state index < -0.39 is 0 Å². The first-order valence-corrected chi connectivity index (χ1v) is 20.6. The maximum absolute atomic E-state index is 9.68. The van der Waals surface area contributed by atoms with Gasteiger partial charge in [0.05, 0.1) is 28.4 Å². The molecule has 3 heterocycles. The van der Waals surface area contributed by atoms with Gasteiger partial charge in [-0.05, 0) is 59.7 Å². The Kier molecular flexibility index (Phi) is 9.37. The SMILES string of the molecule is N#Cc1cccc(-c2ccc3c(c2)c2ccccc2n3-c2ccc(-c3nc(-c4ccccc4)nc(-c4ccccc4)n3)cc2-c2nc(-c3ccccc3)nc(-c3ccccc3)n2)c1. The summed E-state index contributed by atoms with van der Waals surface area (Å²) in [7, 11) is 0. The van der Waals surface area contributed by atoms with Crippen molar-refractivity contribution < 1.29 is 0 Å². The predicted molar refractivity (Wildman–Crippen MR) is 250 cm³/mol. The fourth-order valence-corrected chi connectivity index (χ4v) is 8.10. The van der Waals surface area contributed by atoms with Crippen LogP contribution in [0.1, 0.15) is 5.56 Å². The van der Waals surface area contributed by atoms with E-state index in [2.05, 4.69) is 71.3 Å². The summed E-state index contributed by atoms with van der Waals surface area (Å²) < 4.78 is 2.28. The Morgan fingerprint density at radius 2 is 0.746 bits per heavy atom. The highest BCUT2D eigenvalue weighted by atomic mass is 15.1. The third-order valence-corrected chi connectivity index (χ3v) is 11.1. The van der Waals surface area contributed by atoms with Gasteiger partial charge in [0.15, 0.2) is 34.9 Å². The number of hydrogen-bond acceptors (Lipinski definition) is 7. The number of nitrogens with zero attached hydrogens (tertiary/aromatic N) is 8. The molecule has 8 aromatic carbocycles. The highest BCUT2D eigenvalue weighted by molar-refractivity contribution is 6.11. The Balaban J connectivity index is 1.19. The van der Waals surface area contributed by atoms with Gasteiger partial charge in [-0.2, -0.15) is 5.26 Å². The summed E-state index contributed by atoms with van der Waals surface area (Å²) in [6, 6.07) is 71.2. The van der Waals surface area contributed by atoms with Gasteiger partial charge in [0.2, 0.25) is 0 Å². The summed E-state index contributed by atoms with van der Waals surface area (Å²) in [5.74, 6) is 3.27. The first kappa shape index (κ1) is 37.1. The number of rotatable bonds is 8. The molecule has 8 heteroatoms. The van der Waals surface area contributed by atoms with Crippen LogP contribution in [0.25, 0.3) is 107 Å². The number of fused-ring (bicyclic) bond motifs is 3. The molecule has 0 aliphatic heterocycles. The van der Waals surface area contributed by atoms with E-state index in [1.807, 2.05) is 146 Å². The molecular weight excluding hydrogens is 773 g/mol. The van der Waals surface area contributed by atoms with Gasteiger partial charge < -0.3 is 4.57 Å². The second-order valence-corrected chi connectivity index (χ2v) is 15.1. The standard InChI is InChI=1S/C55H34N8/c56-35-36-16-15-25-41(32-36)42-28-30-48-45(33-42)44-26-13-14-27-47(44)63(48)49-31-29-43(54-59-50(37-17-5-1-6-18-37)57-51(60-54)38-19-7-2-8-20-38)34-46(49)55-61-52(39-21-9-3-10-22-39)58-53(62-55)40-23-11-4-12-24-40/h1-34H. The fraction of sp³-hybridized carbons (Fsp3) is 0. The molecular formula is C55H34N8. The fourth-order valence-electron chi connectivity index (χ4n) is 8.10. The second-order valence-electron chi connectivity index (χ2n) is 15.1.